The molecule has 114 valence electrons. The molecule has 2 aromatic rings. The maximum atomic E-state index is 12.2. The average Bonchev–Trinajstić information content (AvgIpc) is 2.47. The van der Waals surface area contributed by atoms with Crippen LogP contribution in [0.3, 0.4) is 0 Å². The molecule has 0 bridgehead atoms. The first kappa shape index (κ1) is 15.8. The molecule has 4 nitrogen and oxygen atoms in total. The van der Waals surface area contributed by atoms with E-state index in [4.69, 9.17) is 15.9 Å². The van der Waals surface area contributed by atoms with Gasteiger partial charge in [0, 0.05) is 11.1 Å². The number of rotatable bonds is 3. The molecule has 0 saturated heterocycles. The van der Waals surface area contributed by atoms with Gasteiger partial charge in [-0.1, -0.05) is 39.0 Å². The highest BCUT2D eigenvalue weighted by molar-refractivity contribution is 5.96. The zero-order valence-electron chi connectivity index (χ0n) is 13.0. The Labute approximate surface area is 130 Å². The van der Waals surface area contributed by atoms with Crippen LogP contribution in [0.4, 0.5) is 0 Å². The minimum absolute atomic E-state index is 0.00793. The van der Waals surface area contributed by atoms with Gasteiger partial charge >= 0.3 is 5.97 Å². The summed E-state index contributed by atoms with van der Waals surface area (Å²) < 4.78 is 5.54. The molecule has 0 amide bonds. The lowest BCUT2D eigenvalue weighted by molar-refractivity contribution is 0.0732. The van der Waals surface area contributed by atoms with Gasteiger partial charge in [-0.15, -0.1) is 0 Å². The average molecular weight is 296 g/mol. The van der Waals surface area contributed by atoms with Crippen LogP contribution in [0.1, 0.15) is 42.3 Å². The first-order valence-electron chi connectivity index (χ1n) is 7.05. The molecule has 0 atom stereocenters. The van der Waals surface area contributed by atoms with Gasteiger partial charge in [-0.2, -0.15) is 0 Å². The number of amidine groups is 1. The highest BCUT2D eigenvalue weighted by atomic mass is 16.5. The molecule has 22 heavy (non-hydrogen) atoms. The summed E-state index contributed by atoms with van der Waals surface area (Å²) >= 11 is 0. The fraction of sp³-hybridized carbons (Fsp3) is 0.222. The van der Waals surface area contributed by atoms with Crippen molar-refractivity contribution in [2.75, 3.05) is 0 Å². The predicted molar refractivity (Wildman–Crippen MR) is 87.6 cm³/mol. The van der Waals surface area contributed by atoms with E-state index in [0.717, 1.165) is 5.56 Å². The monoisotopic (exact) mass is 296 g/mol. The molecular formula is C18H20N2O2. The first-order chi connectivity index (χ1) is 10.3. The molecule has 0 saturated carbocycles. The summed E-state index contributed by atoms with van der Waals surface area (Å²) in [5, 5.41) is 7.55. The third kappa shape index (κ3) is 3.52. The van der Waals surface area contributed by atoms with Crippen LogP contribution >= 0.6 is 0 Å². The van der Waals surface area contributed by atoms with E-state index in [-0.39, 0.29) is 11.3 Å². The Balaban J connectivity index is 2.38. The maximum Gasteiger partial charge on any atom is 0.343 e. The number of nitrogens with one attached hydrogen (secondary N) is 1. The Morgan fingerprint density at radius 2 is 1.68 bits per heavy atom. The largest absolute Gasteiger partial charge is 0.423 e. The fourth-order valence-corrected chi connectivity index (χ4v) is 2.11. The van der Waals surface area contributed by atoms with E-state index in [2.05, 4.69) is 0 Å². The third-order valence-electron chi connectivity index (χ3n) is 3.31. The van der Waals surface area contributed by atoms with Gasteiger partial charge in [0.2, 0.25) is 0 Å². The number of hydrogen-bond donors (Lipinski definition) is 2. The third-order valence-corrected chi connectivity index (χ3v) is 3.31. The fourth-order valence-electron chi connectivity index (χ4n) is 2.11. The number of ether oxygens (including phenoxy) is 1. The molecule has 0 aromatic heterocycles. The molecule has 0 radical (unpaired) electrons. The second-order valence-corrected chi connectivity index (χ2v) is 6.13. The molecule has 2 aromatic carbocycles. The van der Waals surface area contributed by atoms with E-state index in [1.807, 2.05) is 26.8 Å². The molecule has 0 unspecified atom stereocenters. The molecular weight excluding hydrogens is 276 g/mol. The van der Waals surface area contributed by atoms with Crippen molar-refractivity contribution < 1.29 is 9.53 Å². The second kappa shape index (κ2) is 6.02. The van der Waals surface area contributed by atoms with Crippen molar-refractivity contribution in [2.24, 2.45) is 5.73 Å². The van der Waals surface area contributed by atoms with Crippen LogP contribution in [0.25, 0.3) is 0 Å². The van der Waals surface area contributed by atoms with Crippen molar-refractivity contribution in [1.29, 1.82) is 5.41 Å². The van der Waals surface area contributed by atoms with E-state index < -0.39 is 5.97 Å². The summed E-state index contributed by atoms with van der Waals surface area (Å²) in [5.74, 6) is 0.0828. The topological polar surface area (TPSA) is 76.2 Å². The van der Waals surface area contributed by atoms with Gasteiger partial charge in [0.25, 0.3) is 0 Å². The summed E-state index contributed by atoms with van der Waals surface area (Å²) in [6.07, 6.45) is 0. The van der Waals surface area contributed by atoms with Gasteiger partial charge in [-0.25, -0.2) is 4.79 Å². The lowest BCUT2D eigenvalue weighted by Gasteiger charge is -2.23. The minimum Gasteiger partial charge on any atom is -0.423 e. The van der Waals surface area contributed by atoms with Gasteiger partial charge in [0.05, 0.1) is 5.56 Å². The van der Waals surface area contributed by atoms with Crippen molar-refractivity contribution in [3.63, 3.8) is 0 Å². The lowest BCUT2D eigenvalue weighted by Crippen LogP contribution is -2.19. The lowest BCUT2D eigenvalue weighted by atomic mass is 9.85. The molecule has 0 spiro atoms. The van der Waals surface area contributed by atoms with Gasteiger partial charge in [-0.3, -0.25) is 5.41 Å². The van der Waals surface area contributed by atoms with Crippen molar-refractivity contribution >= 4 is 11.8 Å². The molecule has 0 aliphatic carbocycles. The Hall–Kier alpha value is -2.62. The van der Waals surface area contributed by atoms with E-state index in [9.17, 15) is 4.79 Å². The number of carbonyl (C=O) groups excluding carboxylic acids is 1. The highest BCUT2D eigenvalue weighted by Gasteiger charge is 2.22. The van der Waals surface area contributed by atoms with Crippen LogP contribution in [0, 0.1) is 5.41 Å². The zero-order chi connectivity index (χ0) is 16.3. The highest BCUT2D eigenvalue weighted by Crippen LogP contribution is 2.32. The van der Waals surface area contributed by atoms with Crippen molar-refractivity contribution in [1.82, 2.24) is 0 Å². The first-order valence-corrected chi connectivity index (χ1v) is 7.05. The van der Waals surface area contributed by atoms with Gasteiger partial charge < -0.3 is 10.5 Å². The summed E-state index contributed by atoms with van der Waals surface area (Å²) in [6, 6.07) is 14.0. The molecule has 4 heteroatoms. The van der Waals surface area contributed by atoms with Crippen LogP contribution in [-0.2, 0) is 5.41 Å². The predicted octanol–water partition coefficient (Wildman–Crippen LogP) is 3.49. The van der Waals surface area contributed by atoms with Gasteiger partial charge in [-0.05, 0) is 35.7 Å². The Kier molecular flexibility index (Phi) is 4.31. The summed E-state index contributed by atoms with van der Waals surface area (Å²) in [6.45, 7) is 6.06. The number of nitrogen functional groups attached to an aromatic ring is 1. The molecule has 0 aliphatic rings. The Morgan fingerprint density at radius 3 is 2.23 bits per heavy atom. The van der Waals surface area contributed by atoms with Crippen molar-refractivity contribution in [2.45, 2.75) is 26.2 Å². The number of benzene rings is 2. The smallest absolute Gasteiger partial charge is 0.343 e. The molecule has 3 N–H and O–H groups in total. The quantitative estimate of drug-likeness (QED) is 0.394. The van der Waals surface area contributed by atoms with E-state index >= 15 is 0 Å². The molecule has 0 aliphatic heterocycles. The Morgan fingerprint density at radius 1 is 1.05 bits per heavy atom. The van der Waals surface area contributed by atoms with Crippen LogP contribution < -0.4 is 10.5 Å². The van der Waals surface area contributed by atoms with Gasteiger partial charge in [0.15, 0.2) is 0 Å². The zero-order valence-corrected chi connectivity index (χ0v) is 13.0. The molecule has 0 fully saturated rings. The van der Waals surface area contributed by atoms with Crippen LogP contribution in [0.15, 0.2) is 48.5 Å². The normalized spacial score (nSPS) is 11.0. The summed E-state index contributed by atoms with van der Waals surface area (Å²) in [7, 11) is 0. The summed E-state index contributed by atoms with van der Waals surface area (Å²) in [5.41, 5.74) is 7.26. The van der Waals surface area contributed by atoms with Crippen LogP contribution in [-0.4, -0.2) is 11.8 Å². The molecule has 2 rings (SSSR count). The standard InChI is InChI=1S/C18H20N2O2/c1-18(2,3)14-11-13(16(19)20)9-10-15(14)22-17(21)12-7-5-4-6-8-12/h4-11H,1-3H3,(H3,19,20). The van der Waals surface area contributed by atoms with Crippen molar-refractivity contribution in [3.05, 3.63) is 65.2 Å². The van der Waals surface area contributed by atoms with E-state index in [1.165, 1.54) is 0 Å². The number of esters is 1. The van der Waals surface area contributed by atoms with Crippen LogP contribution in [0.2, 0.25) is 0 Å². The van der Waals surface area contributed by atoms with E-state index in [0.29, 0.717) is 16.9 Å². The minimum atomic E-state index is -0.401. The maximum absolute atomic E-state index is 12.2. The number of carbonyl (C=O) groups is 1. The number of hydrogen-bond acceptors (Lipinski definition) is 3. The van der Waals surface area contributed by atoms with E-state index in [1.54, 1.807) is 42.5 Å². The van der Waals surface area contributed by atoms with Gasteiger partial charge in [0.1, 0.15) is 11.6 Å². The second-order valence-electron chi connectivity index (χ2n) is 6.13. The Bertz CT molecular complexity index is 701. The molecule has 0 heterocycles. The SMILES string of the molecule is CC(C)(C)c1cc(C(=N)N)ccc1OC(=O)c1ccccc1. The number of nitrogens with two attached hydrogens (primary N) is 1. The van der Waals surface area contributed by atoms with Crippen LogP contribution in [0.5, 0.6) is 5.75 Å². The summed E-state index contributed by atoms with van der Waals surface area (Å²) in [4.78, 5) is 12.2. The van der Waals surface area contributed by atoms with Crippen molar-refractivity contribution in [3.8, 4) is 5.75 Å².